The molecule has 5 heteroatoms. The highest BCUT2D eigenvalue weighted by atomic mass is 16.5. The second kappa shape index (κ2) is 8.33. The van der Waals surface area contributed by atoms with E-state index in [0.29, 0.717) is 5.75 Å². The van der Waals surface area contributed by atoms with Crippen molar-refractivity contribution in [1.29, 1.82) is 0 Å². The Morgan fingerprint density at radius 3 is 2.40 bits per heavy atom. The van der Waals surface area contributed by atoms with Crippen molar-refractivity contribution in [2.24, 2.45) is 5.10 Å². The highest BCUT2D eigenvalue weighted by Crippen LogP contribution is 2.22. The molecule has 0 heterocycles. The first kappa shape index (κ1) is 18.5. The monoisotopic (exact) mass is 340 g/mol. The zero-order valence-electron chi connectivity index (χ0n) is 15.3. The number of nitrogens with one attached hydrogen (secondary N) is 1. The molecular formula is C20H24N2O3. The fourth-order valence-electron chi connectivity index (χ4n) is 2.55. The molecule has 132 valence electrons. The Kier molecular flexibility index (Phi) is 6.17. The summed E-state index contributed by atoms with van der Waals surface area (Å²) in [6, 6.07) is 9.63. The molecule has 0 aliphatic carbocycles. The second-order valence-electron chi connectivity index (χ2n) is 6.01. The van der Waals surface area contributed by atoms with Gasteiger partial charge in [0.1, 0.15) is 11.5 Å². The molecule has 0 bridgehead atoms. The lowest BCUT2D eigenvalue weighted by Gasteiger charge is -2.10. The Morgan fingerprint density at radius 2 is 1.76 bits per heavy atom. The van der Waals surface area contributed by atoms with Crippen LogP contribution in [0.2, 0.25) is 0 Å². The van der Waals surface area contributed by atoms with Crippen molar-refractivity contribution in [2.75, 3.05) is 13.7 Å². The zero-order valence-corrected chi connectivity index (χ0v) is 15.3. The number of hydrogen-bond donors (Lipinski definition) is 1. The summed E-state index contributed by atoms with van der Waals surface area (Å²) in [5, 5.41) is 4.00. The lowest BCUT2D eigenvalue weighted by Crippen LogP contribution is -2.24. The quantitative estimate of drug-likeness (QED) is 0.647. The van der Waals surface area contributed by atoms with Gasteiger partial charge in [-0.25, -0.2) is 5.43 Å². The third kappa shape index (κ3) is 5.08. The molecule has 0 aliphatic rings. The molecule has 0 fully saturated rings. The Hall–Kier alpha value is -2.82. The number of rotatable bonds is 6. The van der Waals surface area contributed by atoms with E-state index in [1.54, 1.807) is 13.3 Å². The van der Waals surface area contributed by atoms with Crippen molar-refractivity contribution in [3.63, 3.8) is 0 Å². The van der Waals surface area contributed by atoms with Crippen LogP contribution in [0.15, 0.2) is 35.4 Å². The number of aryl methyl sites for hydroxylation is 2. The van der Waals surface area contributed by atoms with Gasteiger partial charge in [0.25, 0.3) is 5.91 Å². The molecule has 25 heavy (non-hydrogen) atoms. The van der Waals surface area contributed by atoms with Crippen LogP contribution >= 0.6 is 0 Å². The molecule has 5 nitrogen and oxygen atoms in total. The number of carbonyl (C=O) groups excluding carboxylic acids is 1. The summed E-state index contributed by atoms with van der Waals surface area (Å²) in [7, 11) is 1.64. The zero-order chi connectivity index (χ0) is 18.4. The normalized spacial score (nSPS) is 10.8. The Labute approximate surface area is 148 Å². The van der Waals surface area contributed by atoms with Gasteiger partial charge in [-0.3, -0.25) is 4.79 Å². The summed E-state index contributed by atoms with van der Waals surface area (Å²) in [5.41, 5.74) is 7.71. The Balaban J connectivity index is 1.91. The van der Waals surface area contributed by atoms with Gasteiger partial charge in [0.2, 0.25) is 0 Å². The number of hydrogen-bond acceptors (Lipinski definition) is 4. The van der Waals surface area contributed by atoms with Gasteiger partial charge in [0, 0.05) is 0 Å². The highest BCUT2D eigenvalue weighted by molar-refractivity contribution is 5.85. The van der Waals surface area contributed by atoms with Crippen LogP contribution in [0.5, 0.6) is 11.5 Å². The number of ether oxygens (including phenoxy) is 2. The SMILES string of the molecule is COc1ccc(C=NNC(=O)COc2cc(C)cc(C)c2)c(C)c1C. The molecule has 0 aliphatic heterocycles. The Bertz CT molecular complexity index is 778. The standard InChI is InChI=1S/C20H24N2O3/c1-13-8-14(2)10-18(9-13)25-12-20(23)22-21-11-17-6-7-19(24-5)16(4)15(17)3/h6-11H,12H2,1-5H3,(H,22,23). The summed E-state index contributed by atoms with van der Waals surface area (Å²) >= 11 is 0. The molecule has 2 aromatic rings. The van der Waals surface area contributed by atoms with E-state index in [2.05, 4.69) is 16.6 Å². The molecular weight excluding hydrogens is 316 g/mol. The van der Waals surface area contributed by atoms with Gasteiger partial charge in [0.05, 0.1) is 13.3 Å². The van der Waals surface area contributed by atoms with Gasteiger partial charge in [-0.15, -0.1) is 0 Å². The van der Waals surface area contributed by atoms with Crippen LogP contribution in [0, 0.1) is 27.7 Å². The summed E-state index contributed by atoms with van der Waals surface area (Å²) in [6.07, 6.45) is 1.62. The predicted molar refractivity (Wildman–Crippen MR) is 99.6 cm³/mol. The average Bonchev–Trinajstić information content (AvgIpc) is 2.56. The minimum atomic E-state index is -0.307. The summed E-state index contributed by atoms with van der Waals surface area (Å²) in [5.74, 6) is 1.21. The second-order valence-corrected chi connectivity index (χ2v) is 6.01. The van der Waals surface area contributed by atoms with Crippen LogP contribution in [-0.4, -0.2) is 25.8 Å². The van der Waals surface area contributed by atoms with Gasteiger partial charge in [0.15, 0.2) is 6.61 Å². The third-order valence-corrected chi connectivity index (χ3v) is 3.96. The van der Waals surface area contributed by atoms with Crippen molar-refractivity contribution in [2.45, 2.75) is 27.7 Å². The minimum Gasteiger partial charge on any atom is -0.496 e. The molecule has 0 saturated heterocycles. The van der Waals surface area contributed by atoms with E-state index in [1.807, 2.05) is 52.0 Å². The fourth-order valence-corrected chi connectivity index (χ4v) is 2.55. The first-order chi connectivity index (χ1) is 11.9. The number of hydrazone groups is 1. The molecule has 2 aromatic carbocycles. The molecule has 2 rings (SSSR count). The minimum absolute atomic E-state index is 0.0825. The van der Waals surface area contributed by atoms with Crippen molar-refractivity contribution in [1.82, 2.24) is 5.43 Å². The maximum absolute atomic E-state index is 11.9. The number of carbonyl (C=O) groups is 1. The van der Waals surface area contributed by atoms with Crippen LogP contribution in [0.1, 0.15) is 27.8 Å². The lowest BCUT2D eigenvalue weighted by molar-refractivity contribution is -0.123. The van der Waals surface area contributed by atoms with Crippen LogP contribution in [-0.2, 0) is 4.79 Å². The third-order valence-electron chi connectivity index (χ3n) is 3.96. The van der Waals surface area contributed by atoms with E-state index in [1.165, 1.54) is 0 Å². The van der Waals surface area contributed by atoms with Gasteiger partial charge >= 0.3 is 0 Å². The van der Waals surface area contributed by atoms with Gasteiger partial charge in [-0.1, -0.05) is 6.07 Å². The molecule has 0 aromatic heterocycles. The molecule has 0 radical (unpaired) electrons. The summed E-state index contributed by atoms with van der Waals surface area (Å²) in [4.78, 5) is 11.9. The molecule has 0 atom stereocenters. The molecule has 0 spiro atoms. The van der Waals surface area contributed by atoms with Crippen LogP contribution in [0.25, 0.3) is 0 Å². The van der Waals surface area contributed by atoms with E-state index in [-0.39, 0.29) is 12.5 Å². The summed E-state index contributed by atoms with van der Waals surface area (Å²) < 4.78 is 10.8. The van der Waals surface area contributed by atoms with Gasteiger partial charge < -0.3 is 9.47 Å². The van der Waals surface area contributed by atoms with E-state index in [4.69, 9.17) is 9.47 Å². The molecule has 1 N–H and O–H groups in total. The van der Waals surface area contributed by atoms with Crippen LogP contribution < -0.4 is 14.9 Å². The van der Waals surface area contributed by atoms with Gasteiger partial charge in [-0.05, 0) is 79.8 Å². The lowest BCUT2D eigenvalue weighted by atomic mass is 10.0. The molecule has 0 saturated carbocycles. The van der Waals surface area contributed by atoms with E-state index in [0.717, 1.165) is 33.6 Å². The first-order valence-electron chi connectivity index (χ1n) is 8.08. The number of methoxy groups -OCH3 is 1. The molecule has 1 amide bonds. The average molecular weight is 340 g/mol. The van der Waals surface area contributed by atoms with E-state index < -0.39 is 0 Å². The van der Waals surface area contributed by atoms with Crippen LogP contribution in [0.4, 0.5) is 0 Å². The highest BCUT2D eigenvalue weighted by Gasteiger charge is 2.06. The number of nitrogens with zero attached hydrogens (tertiary/aromatic N) is 1. The van der Waals surface area contributed by atoms with Crippen molar-refractivity contribution < 1.29 is 14.3 Å². The van der Waals surface area contributed by atoms with Gasteiger partial charge in [-0.2, -0.15) is 5.10 Å². The van der Waals surface area contributed by atoms with Crippen LogP contribution in [0.3, 0.4) is 0 Å². The first-order valence-corrected chi connectivity index (χ1v) is 8.08. The smallest absolute Gasteiger partial charge is 0.277 e. The number of benzene rings is 2. The van der Waals surface area contributed by atoms with E-state index >= 15 is 0 Å². The van der Waals surface area contributed by atoms with Crippen molar-refractivity contribution >= 4 is 12.1 Å². The maximum atomic E-state index is 11.9. The fraction of sp³-hybridized carbons (Fsp3) is 0.300. The van der Waals surface area contributed by atoms with Crippen molar-refractivity contribution in [3.8, 4) is 11.5 Å². The number of amides is 1. The predicted octanol–water partition coefficient (Wildman–Crippen LogP) is 3.46. The largest absolute Gasteiger partial charge is 0.496 e. The van der Waals surface area contributed by atoms with Crippen molar-refractivity contribution in [3.05, 3.63) is 58.1 Å². The maximum Gasteiger partial charge on any atom is 0.277 e. The summed E-state index contributed by atoms with van der Waals surface area (Å²) in [6.45, 7) is 7.87. The Morgan fingerprint density at radius 1 is 1.08 bits per heavy atom. The topological polar surface area (TPSA) is 59.9 Å². The van der Waals surface area contributed by atoms with E-state index in [9.17, 15) is 4.79 Å². The molecule has 0 unspecified atom stereocenters.